The van der Waals surface area contributed by atoms with Gasteiger partial charge in [0.2, 0.25) is 0 Å². The first-order valence-corrected chi connectivity index (χ1v) is 11.3. The minimum Gasteiger partial charge on any atom is -0.386 e. The van der Waals surface area contributed by atoms with E-state index in [1.165, 1.54) is 18.5 Å². The van der Waals surface area contributed by atoms with Gasteiger partial charge in [0.1, 0.15) is 11.7 Å². The predicted molar refractivity (Wildman–Crippen MR) is 122 cm³/mol. The Kier molecular flexibility index (Phi) is 5.43. The molecule has 2 aromatic heterocycles. The lowest BCUT2D eigenvalue weighted by atomic mass is 9.91. The van der Waals surface area contributed by atoms with E-state index in [0.29, 0.717) is 45.0 Å². The largest absolute Gasteiger partial charge is 0.386 e. The third kappa shape index (κ3) is 3.87. The molecule has 1 unspecified atom stereocenters. The Labute approximate surface area is 187 Å². The summed E-state index contributed by atoms with van der Waals surface area (Å²) in [5, 5.41) is 4.46. The van der Waals surface area contributed by atoms with E-state index in [1.807, 2.05) is 20.8 Å². The molecule has 0 saturated heterocycles. The van der Waals surface area contributed by atoms with E-state index < -0.39 is 16.2 Å². The Bertz CT molecular complexity index is 1210. The van der Waals surface area contributed by atoms with Gasteiger partial charge in [-0.25, -0.2) is 14.4 Å². The summed E-state index contributed by atoms with van der Waals surface area (Å²) in [5.74, 6) is 1.53. The molecular weight excluding hydrogens is 439 g/mol. The molecule has 0 spiro atoms. The second-order valence-corrected chi connectivity index (χ2v) is 10.8. The zero-order valence-electron chi connectivity index (χ0n) is 17.6. The van der Waals surface area contributed by atoms with Gasteiger partial charge in [0.15, 0.2) is 17.3 Å². The molecule has 0 fully saturated rings. The van der Waals surface area contributed by atoms with Crippen molar-refractivity contribution in [2.24, 2.45) is 15.1 Å². The molecule has 7 nitrogen and oxygen atoms in total. The van der Waals surface area contributed by atoms with Crippen molar-refractivity contribution < 1.29 is 8.91 Å². The maximum atomic E-state index is 15.0. The van der Waals surface area contributed by atoms with Crippen LogP contribution >= 0.6 is 11.6 Å². The average molecular weight is 461 g/mol. The molecule has 0 aliphatic carbocycles. The van der Waals surface area contributed by atoms with Gasteiger partial charge >= 0.3 is 0 Å². The summed E-state index contributed by atoms with van der Waals surface area (Å²) in [7, 11) is 1.36. The quantitative estimate of drug-likeness (QED) is 0.624. The van der Waals surface area contributed by atoms with Crippen LogP contribution in [0, 0.1) is 5.82 Å². The Balaban J connectivity index is 1.75. The maximum Gasteiger partial charge on any atom is 0.181 e. The van der Waals surface area contributed by atoms with Crippen molar-refractivity contribution in [2.75, 3.05) is 12.8 Å². The number of aliphatic imine (C=N–C) groups is 1. The van der Waals surface area contributed by atoms with Crippen LogP contribution in [0.5, 0.6) is 0 Å². The van der Waals surface area contributed by atoms with Crippen molar-refractivity contribution in [2.45, 2.75) is 31.1 Å². The number of hydrogen-bond donors (Lipinski definition) is 1. The lowest BCUT2D eigenvalue weighted by molar-refractivity contribution is 0.434. The summed E-state index contributed by atoms with van der Waals surface area (Å²) in [6, 6.07) is 6.48. The fourth-order valence-electron chi connectivity index (χ4n) is 3.48. The van der Waals surface area contributed by atoms with Gasteiger partial charge in [0.25, 0.3) is 0 Å². The lowest BCUT2D eigenvalue weighted by Crippen LogP contribution is -2.51. The molecule has 0 bridgehead atoms. The number of halogens is 2. The van der Waals surface area contributed by atoms with Gasteiger partial charge in [-0.1, -0.05) is 27.4 Å². The van der Waals surface area contributed by atoms with Crippen LogP contribution in [0.15, 0.2) is 50.5 Å². The molecule has 10 heteroatoms. The highest BCUT2D eigenvalue weighted by Gasteiger charge is 2.42. The van der Waals surface area contributed by atoms with Gasteiger partial charge in [-0.15, -0.1) is 0 Å². The van der Waals surface area contributed by atoms with E-state index in [2.05, 4.69) is 19.5 Å². The van der Waals surface area contributed by atoms with Crippen molar-refractivity contribution in [3.63, 3.8) is 0 Å². The highest BCUT2D eigenvalue weighted by molar-refractivity contribution is 7.89. The van der Waals surface area contributed by atoms with Gasteiger partial charge in [0.05, 0.1) is 15.3 Å². The highest BCUT2D eigenvalue weighted by atomic mass is 35.5. The number of benzene rings is 1. The second kappa shape index (κ2) is 7.80. The number of nitrogens with zero attached hydrogens (tertiary/aromatic N) is 5. The Morgan fingerprint density at radius 1 is 1.19 bits per heavy atom. The predicted octanol–water partition coefficient (Wildman–Crippen LogP) is 4.39. The Hall–Kier alpha value is -2.65. The second-order valence-electron chi connectivity index (χ2n) is 7.97. The van der Waals surface area contributed by atoms with Gasteiger partial charge < -0.3 is 10.3 Å². The van der Waals surface area contributed by atoms with Crippen molar-refractivity contribution in [3.05, 3.63) is 53.1 Å². The van der Waals surface area contributed by atoms with Crippen LogP contribution in [-0.4, -0.2) is 38.5 Å². The fraction of sp³-hybridized carbons (Fsp3) is 0.333. The molecule has 1 aromatic carbocycles. The van der Waals surface area contributed by atoms with E-state index in [4.69, 9.17) is 26.9 Å². The molecule has 162 valence electrons. The monoisotopic (exact) mass is 460 g/mol. The van der Waals surface area contributed by atoms with E-state index in [0.717, 1.165) is 0 Å². The van der Waals surface area contributed by atoms with Crippen molar-refractivity contribution in [1.82, 2.24) is 15.1 Å². The molecule has 1 aliphatic rings. The standard InChI is InChI=1S/C21H22ClFN6OS/c1-20(2)19(24)28-21(3,11-31(20)25-4)14-7-12(5-6-15(14)23)17-8-16(29-30-17)18-26-9-13(22)10-27-18/h5-10H,11H2,1-4H3,(H2,24,28)/t21-,31?/m0/s1. The topological polar surface area (TPSA) is 103 Å². The van der Waals surface area contributed by atoms with Gasteiger partial charge in [-0.05, 0) is 39.0 Å². The van der Waals surface area contributed by atoms with Gasteiger partial charge in [-0.2, -0.15) is 0 Å². The van der Waals surface area contributed by atoms with E-state index in [1.54, 1.807) is 25.2 Å². The molecule has 1 aliphatic heterocycles. The van der Waals surface area contributed by atoms with Crippen LogP contribution in [0.3, 0.4) is 0 Å². The molecule has 3 aromatic rings. The SMILES string of the molecule is CN=S1C[C@@](C)(c2cc(-c3cc(-c4ncc(Cl)cn4)no3)ccc2F)N=C(N)C1(C)C. The summed E-state index contributed by atoms with van der Waals surface area (Å²) in [6.45, 7) is 5.92. The molecule has 2 atom stereocenters. The fourth-order valence-corrected chi connectivity index (χ4v) is 5.57. The van der Waals surface area contributed by atoms with Gasteiger partial charge in [-0.3, -0.25) is 9.36 Å². The molecule has 0 amide bonds. The molecule has 0 radical (unpaired) electrons. The third-order valence-electron chi connectivity index (χ3n) is 5.40. The highest BCUT2D eigenvalue weighted by Crippen LogP contribution is 2.38. The summed E-state index contributed by atoms with van der Waals surface area (Å²) in [6.07, 6.45) is 2.97. The lowest BCUT2D eigenvalue weighted by Gasteiger charge is -2.40. The van der Waals surface area contributed by atoms with E-state index in [9.17, 15) is 4.39 Å². The smallest absolute Gasteiger partial charge is 0.181 e. The summed E-state index contributed by atoms with van der Waals surface area (Å²) in [4.78, 5) is 13.0. The van der Waals surface area contributed by atoms with Crippen molar-refractivity contribution >= 4 is 28.1 Å². The summed E-state index contributed by atoms with van der Waals surface area (Å²) >= 11 is 5.84. The van der Waals surface area contributed by atoms with Gasteiger partial charge in [0, 0.05) is 42.4 Å². The minimum absolute atomic E-state index is 0.358. The number of amidine groups is 1. The molecular formula is C21H22ClFN6OS. The average Bonchev–Trinajstić information content (AvgIpc) is 3.22. The van der Waals surface area contributed by atoms with E-state index >= 15 is 0 Å². The minimum atomic E-state index is -0.843. The third-order valence-corrected chi connectivity index (χ3v) is 8.26. The molecule has 31 heavy (non-hydrogen) atoms. The first-order chi connectivity index (χ1) is 14.6. The molecule has 4 rings (SSSR count). The first-order valence-electron chi connectivity index (χ1n) is 9.56. The number of rotatable bonds is 3. The van der Waals surface area contributed by atoms with Crippen LogP contribution in [0.25, 0.3) is 22.8 Å². The number of aromatic nitrogens is 3. The maximum absolute atomic E-state index is 15.0. The summed E-state index contributed by atoms with van der Waals surface area (Å²) in [5.41, 5.74) is 7.00. The van der Waals surface area contributed by atoms with Crippen molar-refractivity contribution in [1.29, 1.82) is 0 Å². The Morgan fingerprint density at radius 3 is 2.58 bits per heavy atom. The number of hydrogen-bond acceptors (Lipinski definition) is 7. The normalized spacial score (nSPS) is 23.0. The van der Waals surface area contributed by atoms with Crippen LogP contribution < -0.4 is 5.73 Å². The summed E-state index contributed by atoms with van der Waals surface area (Å²) < 4.78 is 24.6. The van der Waals surface area contributed by atoms with Crippen LogP contribution in [0.2, 0.25) is 5.02 Å². The van der Waals surface area contributed by atoms with Crippen molar-refractivity contribution in [3.8, 4) is 22.8 Å². The van der Waals surface area contributed by atoms with E-state index in [-0.39, 0.29) is 10.6 Å². The number of nitrogens with two attached hydrogens (primary N) is 1. The molecule has 3 heterocycles. The first kappa shape index (κ1) is 21.6. The van der Waals surface area contributed by atoms with Crippen LogP contribution in [0.4, 0.5) is 4.39 Å². The molecule has 0 saturated carbocycles. The molecule has 2 N–H and O–H groups in total. The van der Waals surface area contributed by atoms with Crippen LogP contribution in [-0.2, 0) is 16.2 Å². The zero-order chi connectivity index (χ0) is 22.4. The zero-order valence-corrected chi connectivity index (χ0v) is 19.1. The Morgan fingerprint density at radius 2 is 1.90 bits per heavy atom. The van der Waals surface area contributed by atoms with Crippen LogP contribution in [0.1, 0.15) is 26.3 Å².